The molecule has 2 fully saturated rings. The number of azide groups is 1. The van der Waals surface area contributed by atoms with Crippen LogP contribution in [0.2, 0.25) is 0 Å². The van der Waals surface area contributed by atoms with Gasteiger partial charge >= 0.3 is 6.03 Å². The number of unbranched alkanes of at least 4 members (excludes halogenated alkanes) is 1. The van der Waals surface area contributed by atoms with Crippen molar-refractivity contribution >= 4 is 58.6 Å². The number of aromatic hydroxyl groups is 1. The van der Waals surface area contributed by atoms with E-state index in [1.165, 1.54) is 6.07 Å². The maximum Gasteiger partial charge on any atom is 0.315 e. The highest BCUT2D eigenvalue weighted by atomic mass is 32.2. The van der Waals surface area contributed by atoms with E-state index in [2.05, 4.69) is 62.5 Å². The second-order valence-electron chi connectivity index (χ2n) is 18.7. The number of thioether (sulfide) groups is 1. The molecule has 2 saturated heterocycles. The van der Waals surface area contributed by atoms with Crippen LogP contribution < -0.4 is 31.9 Å². The lowest BCUT2D eigenvalue weighted by Gasteiger charge is -2.18. The molecule has 4 atom stereocenters. The number of aromatic nitrogens is 3. The number of hydrogen-bond acceptors (Lipinski definition) is 16. The van der Waals surface area contributed by atoms with Gasteiger partial charge in [-0.05, 0) is 85.3 Å². The Morgan fingerprint density at radius 2 is 1.46 bits per heavy atom. The molecule has 0 radical (unpaired) electrons. The van der Waals surface area contributed by atoms with Crippen molar-refractivity contribution in [3.63, 3.8) is 0 Å². The summed E-state index contributed by atoms with van der Waals surface area (Å²) in [5.74, 6) is -0.593. The van der Waals surface area contributed by atoms with Gasteiger partial charge in [-0.25, -0.2) is 9.48 Å². The summed E-state index contributed by atoms with van der Waals surface area (Å²) in [5, 5.41) is 48.5. The predicted molar refractivity (Wildman–Crippen MR) is 297 cm³/mol. The van der Waals surface area contributed by atoms with Crippen LogP contribution in [0.15, 0.2) is 119 Å². The van der Waals surface area contributed by atoms with Crippen LogP contribution in [0, 0.1) is 0 Å². The number of carbonyl (C=O) groups excluding carboxylic acids is 6. The summed E-state index contributed by atoms with van der Waals surface area (Å²) in [6, 6.07) is 25.9. The van der Waals surface area contributed by atoms with E-state index in [-0.39, 0.29) is 84.2 Å². The normalized spacial score (nSPS) is 15.8. The number of azo groups is 1. The lowest BCUT2D eigenvalue weighted by molar-refractivity contribution is -0.129. The first-order valence-corrected chi connectivity index (χ1v) is 27.6. The van der Waals surface area contributed by atoms with Gasteiger partial charge in [-0.1, -0.05) is 65.3 Å². The van der Waals surface area contributed by atoms with Crippen molar-refractivity contribution in [2.45, 2.75) is 74.9 Å². The van der Waals surface area contributed by atoms with E-state index in [1.807, 2.05) is 17.8 Å². The first-order chi connectivity index (χ1) is 39.0. The fourth-order valence-corrected chi connectivity index (χ4v) is 10.2. The van der Waals surface area contributed by atoms with E-state index in [1.54, 1.807) is 95.8 Å². The molecule has 25 heteroatoms. The molecule has 0 bridgehead atoms. The lowest BCUT2D eigenvalue weighted by Crippen LogP contribution is -2.48. The first-order valence-electron chi connectivity index (χ1n) is 26.5. The van der Waals surface area contributed by atoms with Crippen molar-refractivity contribution in [2.75, 3.05) is 71.6 Å². The van der Waals surface area contributed by atoms with Gasteiger partial charge < -0.3 is 51.2 Å². The van der Waals surface area contributed by atoms with E-state index < -0.39 is 11.9 Å². The molecule has 2 aliphatic heterocycles. The third-order valence-electron chi connectivity index (χ3n) is 12.9. The van der Waals surface area contributed by atoms with Crippen molar-refractivity contribution in [1.82, 2.24) is 46.9 Å². The molecule has 4 aromatic carbocycles. The van der Waals surface area contributed by atoms with Crippen molar-refractivity contribution in [3.05, 3.63) is 147 Å². The molecular weight excluding hydrogens is 1050 g/mol. The molecule has 7 N–H and O–H groups in total. The Morgan fingerprint density at radius 3 is 2.21 bits per heavy atom. The summed E-state index contributed by atoms with van der Waals surface area (Å²) < 4.78 is 18.5. The number of fused-ring (bicyclic) bond motifs is 1. The summed E-state index contributed by atoms with van der Waals surface area (Å²) in [5.41, 5.74) is 12.2. The first kappa shape index (κ1) is 59.4. The van der Waals surface area contributed by atoms with Gasteiger partial charge in [0.25, 0.3) is 11.8 Å². The van der Waals surface area contributed by atoms with Gasteiger partial charge in [0.1, 0.15) is 17.5 Å². The number of carbonyl (C=O) groups is 6. The number of urea groups is 1. The van der Waals surface area contributed by atoms with Gasteiger partial charge in [0.15, 0.2) is 5.78 Å². The third-order valence-corrected chi connectivity index (χ3v) is 14.4. The Balaban J connectivity index is 0.805. The molecule has 24 nitrogen and oxygen atoms in total. The summed E-state index contributed by atoms with van der Waals surface area (Å²) in [7, 11) is 0. The average Bonchev–Trinajstić information content (AvgIpc) is 4.23. The standard InChI is InChI=1S/C55H66N14O10S/c56-67-60-23-6-22-57-52(73)41-16-18-42(19-17-41)64-66-44-33-37(11-20-47(44)70)21-24-58-54(75)45(61-49(71)10-5-4-9-48-50-46(36-80-48)62-55(76)63-50)34-43-35-69(68-65-43)26-28-78-30-32-79-31-29-77-27-25-59-53(74)40-14-12-39(13-15-40)51(72)38-7-2-1-3-8-38/h1-3,7-8,11-20,33,35,45-46,48,50,70H,4-6,9-10,21-32,34,36H2,(H,57,73)(H,58,75)(H,59,74)(H,61,71)(H2,62,63,76)/b66-64+/t45-,46-,48-,50-/m1/s1. The smallest absolute Gasteiger partial charge is 0.315 e. The molecule has 0 aliphatic carbocycles. The molecule has 6 amide bonds. The van der Waals surface area contributed by atoms with Crippen LogP contribution in [-0.4, -0.2) is 150 Å². The highest BCUT2D eigenvalue weighted by Gasteiger charge is 2.42. The number of hydrogen-bond donors (Lipinski definition) is 7. The van der Waals surface area contributed by atoms with Crippen LogP contribution in [-0.2, 0) is 43.2 Å². The molecule has 0 saturated carbocycles. The Morgan fingerprint density at radius 1 is 0.775 bits per heavy atom. The Kier molecular flexibility index (Phi) is 23.8. The highest BCUT2D eigenvalue weighted by molar-refractivity contribution is 8.00. The topological polar surface area (TPSA) is 327 Å². The minimum Gasteiger partial charge on any atom is -0.506 e. The van der Waals surface area contributed by atoms with Gasteiger partial charge in [-0.2, -0.15) is 16.9 Å². The zero-order chi connectivity index (χ0) is 56.3. The van der Waals surface area contributed by atoms with E-state index in [4.69, 9.17) is 19.7 Å². The van der Waals surface area contributed by atoms with Crippen molar-refractivity contribution in [1.29, 1.82) is 0 Å². The summed E-state index contributed by atoms with van der Waals surface area (Å²) in [6.45, 7) is 3.46. The Labute approximate surface area is 466 Å². The Hall–Kier alpha value is -8.22. The van der Waals surface area contributed by atoms with Gasteiger partial charge in [-0.3, -0.25) is 24.0 Å². The van der Waals surface area contributed by atoms with E-state index in [0.717, 1.165) is 24.2 Å². The fraction of sp³-hybridized carbons (Fsp3) is 0.418. The van der Waals surface area contributed by atoms with Crippen LogP contribution >= 0.6 is 11.8 Å². The maximum atomic E-state index is 13.8. The molecule has 5 aromatic rings. The number of nitrogens with one attached hydrogen (secondary N) is 6. The van der Waals surface area contributed by atoms with Crippen molar-refractivity contribution in [2.24, 2.45) is 15.3 Å². The molecule has 7 rings (SSSR count). The number of benzene rings is 4. The summed E-state index contributed by atoms with van der Waals surface area (Å²) in [6.07, 6.45) is 5.12. The zero-order valence-corrected chi connectivity index (χ0v) is 45.0. The van der Waals surface area contributed by atoms with E-state index in [9.17, 15) is 33.9 Å². The largest absolute Gasteiger partial charge is 0.506 e. The number of phenolic OH excluding ortho intramolecular Hbond substituents is 1. The second kappa shape index (κ2) is 32.0. The quantitative estimate of drug-likeness (QED) is 0.00655. The Bertz CT molecular complexity index is 2920. The molecule has 2 aliphatic rings. The van der Waals surface area contributed by atoms with Gasteiger partial charge in [0.2, 0.25) is 11.8 Å². The van der Waals surface area contributed by atoms with E-state index >= 15 is 0 Å². The molecule has 0 unspecified atom stereocenters. The fourth-order valence-electron chi connectivity index (χ4n) is 8.62. The SMILES string of the molecule is [N-]=[N+]=NCCCNC(=O)c1ccc(/N=N/c2cc(CCNC(=O)[C@@H](Cc3cn(CCOCCOCCOCCNC(=O)c4ccc(C(=O)c5ccccc5)cc4)nn3)NC(=O)CCCC[C@H]3SC[C@H]4NC(=O)N[C@H]43)ccc2O)cc1. The van der Waals surface area contributed by atoms with Gasteiger partial charge in [0.05, 0.1) is 69.7 Å². The summed E-state index contributed by atoms with van der Waals surface area (Å²) >= 11 is 1.82. The number of phenols is 1. The van der Waals surface area contributed by atoms with Crippen molar-refractivity contribution in [3.8, 4) is 5.75 Å². The highest BCUT2D eigenvalue weighted by Crippen LogP contribution is 2.33. The minimum absolute atomic E-state index is 0.0794. The molecule has 80 heavy (non-hydrogen) atoms. The van der Waals surface area contributed by atoms with Gasteiger partial charge in [-0.15, -0.1) is 10.2 Å². The van der Waals surface area contributed by atoms with Crippen LogP contribution in [0.25, 0.3) is 10.4 Å². The molecule has 3 heterocycles. The molecule has 0 spiro atoms. The maximum absolute atomic E-state index is 13.8. The van der Waals surface area contributed by atoms with Crippen LogP contribution in [0.1, 0.15) is 80.0 Å². The predicted octanol–water partition coefficient (Wildman–Crippen LogP) is 5.65. The van der Waals surface area contributed by atoms with Crippen LogP contribution in [0.4, 0.5) is 16.2 Å². The second-order valence-corrected chi connectivity index (χ2v) is 20.0. The number of amides is 6. The van der Waals surface area contributed by atoms with Crippen LogP contribution in [0.3, 0.4) is 0 Å². The van der Waals surface area contributed by atoms with Crippen molar-refractivity contribution < 1.29 is 48.1 Å². The number of nitrogens with zero attached hydrogens (tertiary/aromatic N) is 8. The number of ether oxygens (including phenoxy) is 3. The third kappa shape index (κ3) is 19.3. The molecule has 1 aromatic heterocycles. The minimum atomic E-state index is -0.955. The summed E-state index contributed by atoms with van der Waals surface area (Å²) in [4.78, 5) is 79.2. The van der Waals surface area contributed by atoms with Crippen LogP contribution in [0.5, 0.6) is 5.75 Å². The molecule has 422 valence electrons. The monoisotopic (exact) mass is 1110 g/mol. The lowest BCUT2D eigenvalue weighted by atomic mass is 10.0. The number of ketones is 1. The average molecular weight is 1120 g/mol. The van der Waals surface area contributed by atoms with Gasteiger partial charge in [0, 0.05) is 83.4 Å². The number of rotatable bonds is 34. The van der Waals surface area contributed by atoms with E-state index in [0.29, 0.717) is 112 Å². The zero-order valence-electron chi connectivity index (χ0n) is 44.2. The molecular formula is C55H66N14O10S.